The third-order valence-electron chi connectivity index (χ3n) is 6.37. The van der Waals surface area contributed by atoms with Gasteiger partial charge in [0.05, 0.1) is 18.2 Å². The molecule has 0 saturated carbocycles. The van der Waals surface area contributed by atoms with Crippen LogP contribution in [0.3, 0.4) is 0 Å². The minimum Gasteiger partial charge on any atom is -0.347 e. The number of likely N-dealkylation sites (tertiary alicyclic amines) is 1. The van der Waals surface area contributed by atoms with Gasteiger partial charge in [0.1, 0.15) is 23.5 Å². The molecule has 4 rings (SSSR count). The van der Waals surface area contributed by atoms with Gasteiger partial charge in [0.15, 0.2) is 0 Å². The molecule has 1 N–H and O–H groups in total. The molecule has 2 fully saturated rings. The Labute approximate surface area is 180 Å². The zero-order valence-corrected chi connectivity index (χ0v) is 17.6. The minimum absolute atomic E-state index is 0.0362. The molecule has 2 aliphatic rings. The maximum atomic E-state index is 14.0. The molecule has 2 saturated heterocycles. The molecule has 4 atom stereocenters. The molecule has 162 valence electrons. The van der Waals surface area contributed by atoms with E-state index in [4.69, 9.17) is 5.26 Å². The van der Waals surface area contributed by atoms with Crippen LogP contribution in [0.2, 0.25) is 0 Å². The largest absolute Gasteiger partial charge is 0.347 e. The molecule has 31 heavy (non-hydrogen) atoms. The molecule has 0 spiro atoms. The van der Waals surface area contributed by atoms with E-state index in [-0.39, 0.29) is 24.5 Å². The van der Waals surface area contributed by atoms with Gasteiger partial charge in [-0.25, -0.2) is 13.8 Å². The van der Waals surface area contributed by atoms with Crippen molar-refractivity contribution in [2.45, 2.75) is 38.4 Å². The maximum Gasteiger partial charge on any atom is 0.236 e. The van der Waals surface area contributed by atoms with Crippen LogP contribution < -0.4 is 10.2 Å². The Morgan fingerprint density at radius 2 is 2.13 bits per heavy atom. The lowest BCUT2D eigenvalue weighted by Gasteiger charge is -2.42. The average Bonchev–Trinajstić information content (AvgIpc) is 2.95. The maximum absolute atomic E-state index is 14.0. The summed E-state index contributed by atoms with van der Waals surface area (Å²) in [7, 11) is 0. The van der Waals surface area contributed by atoms with E-state index >= 15 is 0 Å². The lowest BCUT2D eigenvalue weighted by atomic mass is 10.0. The van der Waals surface area contributed by atoms with Crippen LogP contribution in [0.15, 0.2) is 36.5 Å². The number of carbonyl (C=O) groups excluding carboxylic acids is 1. The van der Waals surface area contributed by atoms with Gasteiger partial charge in [-0.15, -0.1) is 0 Å². The summed E-state index contributed by atoms with van der Waals surface area (Å²) in [6.45, 7) is 5.22. The molecule has 3 heterocycles. The summed E-state index contributed by atoms with van der Waals surface area (Å²) >= 11 is 0. The normalized spacial score (nSPS) is 23.5. The number of rotatable bonds is 5. The molecule has 1 aromatic heterocycles. The number of amides is 1. The molecule has 0 aliphatic carbocycles. The van der Waals surface area contributed by atoms with Crippen LogP contribution in [0.4, 0.5) is 14.6 Å². The molecule has 2 bridgehead atoms. The molecular formula is C23H25F2N5O. The quantitative estimate of drug-likeness (QED) is 0.797. The predicted octanol–water partition coefficient (Wildman–Crippen LogP) is 3.01. The second-order valence-corrected chi connectivity index (χ2v) is 8.43. The molecule has 8 heteroatoms. The van der Waals surface area contributed by atoms with Crippen LogP contribution in [0.5, 0.6) is 0 Å². The number of aromatic nitrogens is 1. The number of anilines is 1. The second-order valence-electron chi connectivity index (χ2n) is 8.43. The zero-order chi connectivity index (χ0) is 22.1. The highest BCUT2D eigenvalue weighted by Gasteiger charge is 2.45. The summed E-state index contributed by atoms with van der Waals surface area (Å²) in [4.78, 5) is 21.5. The first-order valence-corrected chi connectivity index (χ1v) is 10.5. The van der Waals surface area contributed by atoms with Crippen LogP contribution >= 0.6 is 0 Å². The number of hydrogen-bond donors (Lipinski definition) is 1. The lowest BCUT2D eigenvalue weighted by molar-refractivity contribution is -0.131. The van der Waals surface area contributed by atoms with Crippen molar-refractivity contribution >= 4 is 11.7 Å². The number of pyridine rings is 1. The number of fused-ring (bicyclic) bond motifs is 2. The van der Waals surface area contributed by atoms with Gasteiger partial charge in [-0.05, 0) is 37.5 Å². The first-order valence-electron chi connectivity index (χ1n) is 10.5. The summed E-state index contributed by atoms with van der Waals surface area (Å²) < 4.78 is 27.1. The summed E-state index contributed by atoms with van der Waals surface area (Å²) in [5.41, 5.74) is 0.857. The molecular weight excluding hydrogens is 400 g/mol. The van der Waals surface area contributed by atoms with Gasteiger partial charge in [0, 0.05) is 43.0 Å². The molecule has 2 aromatic rings. The Morgan fingerprint density at radius 1 is 1.32 bits per heavy atom. The summed E-state index contributed by atoms with van der Waals surface area (Å²) in [6.07, 6.45) is 2.55. The molecule has 2 aliphatic heterocycles. The Hall–Kier alpha value is -3.05. The Morgan fingerprint density at radius 3 is 2.77 bits per heavy atom. The number of hydrogen-bond acceptors (Lipinski definition) is 5. The van der Waals surface area contributed by atoms with Crippen LogP contribution in [0.1, 0.15) is 37.4 Å². The van der Waals surface area contributed by atoms with E-state index < -0.39 is 17.7 Å². The van der Waals surface area contributed by atoms with Gasteiger partial charge in [-0.3, -0.25) is 4.79 Å². The van der Waals surface area contributed by atoms with Crippen LogP contribution in [0.25, 0.3) is 0 Å². The SMILES string of the molecule is CC(NCC(=O)N1CC2C[C@@H](C)C(C1)N2c1ccc(C#N)cn1)c1ccc(F)cc1F. The van der Waals surface area contributed by atoms with Crippen molar-refractivity contribution < 1.29 is 13.6 Å². The fourth-order valence-electron chi connectivity index (χ4n) is 4.71. The second kappa shape index (κ2) is 8.60. The number of carbonyl (C=O) groups is 1. The topological polar surface area (TPSA) is 72.3 Å². The monoisotopic (exact) mass is 425 g/mol. The average molecular weight is 425 g/mol. The molecule has 1 amide bonds. The third-order valence-corrected chi connectivity index (χ3v) is 6.37. The summed E-state index contributed by atoms with van der Waals surface area (Å²) in [5, 5.41) is 12.1. The van der Waals surface area contributed by atoms with Gasteiger partial charge < -0.3 is 15.1 Å². The Balaban J connectivity index is 1.39. The number of nitrogens with one attached hydrogen (secondary N) is 1. The lowest BCUT2D eigenvalue weighted by Crippen LogP contribution is -2.57. The molecule has 3 unspecified atom stereocenters. The van der Waals surface area contributed by atoms with E-state index in [1.807, 2.05) is 11.0 Å². The summed E-state index contributed by atoms with van der Waals surface area (Å²) in [6, 6.07) is 9.11. The Bertz CT molecular complexity index is 1010. The van der Waals surface area contributed by atoms with Gasteiger partial charge in [-0.2, -0.15) is 5.26 Å². The van der Waals surface area contributed by atoms with Crippen molar-refractivity contribution in [3.63, 3.8) is 0 Å². The molecule has 6 nitrogen and oxygen atoms in total. The summed E-state index contributed by atoms with van der Waals surface area (Å²) in [5.74, 6) is -0.0260. The third kappa shape index (κ3) is 4.23. The number of halogens is 2. The van der Waals surface area contributed by atoms with Crippen molar-refractivity contribution in [1.29, 1.82) is 5.26 Å². The molecule has 0 radical (unpaired) electrons. The van der Waals surface area contributed by atoms with E-state index in [0.29, 0.717) is 30.1 Å². The van der Waals surface area contributed by atoms with Gasteiger partial charge in [0.2, 0.25) is 5.91 Å². The first-order chi connectivity index (χ1) is 14.9. The zero-order valence-electron chi connectivity index (χ0n) is 17.6. The smallest absolute Gasteiger partial charge is 0.236 e. The van der Waals surface area contributed by atoms with Crippen LogP contribution in [-0.4, -0.2) is 47.5 Å². The van der Waals surface area contributed by atoms with Crippen molar-refractivity contribution in [2.24, 2.45) is 5.92 Å². The van der Waals surface area contributed by atoms with E-state index in [9.17, 15) is 13.6 Å². The van der Waals surface area contributed by atoms with Gasteiger partial charge >= 0.3 is 0 Å². The number of nitriles is 1. The van der Waals surface area contributed by atoms with E-state index in [1.54, 1.807) is 19.2 Å². The fraction of sp³-hybridized carbons (Fsp3) is 0.435. The number of nitrogens with zero attached hydrogens (tertiary/aromatic N) is 4. The van der Waals surface area contributed by atoms with E-state index in [2.05, 4.69) is 28.2 Å². The van der Waals surface area contributed by atoms with Crippen LogP contribution in [-0.2, 0) is 4.79 Å². The minimum atomic E-state index is -0.622. The van der Waals surface area contributed by atoms with Crippen molar-refractivity contribution in [3.05, 3.63) is 59.3 Å². The number of benzene rings is 1. The van der Waals surface area contributed by atoms with E-state index in [0.717, 1.165) is 18.3 Å². The van der Waals surface area contributed by atoms with Crippen molar-refractivity contribution in [3.8, 4) is 6.07 Å². The van der Waals surface area contributed by atoms with Gasteiger partial charge in [0.25, 0.3) is 0 Å². The van der Waals surface area contributed by atoms with Crippen molar-refractivity contribution in [2.75, 3.05) is 24.5 Å². The predicted molar refractivity (Wildman–Crippen MR) is 112 cm³/mol. The van der Waals surface area contributed by atoms with E-state index in [1.165, 1.54) is 12.1 Å². The van der Waals surface area contributed by atoms with Gasteiger partial charge in [-0.1, -0.05) is 13.0 Å². The first kappa shape index (κ1) is 21.2. The highest BCUT2D eigenvalue weighted by molar-refractivity contribution is 5.79. The van der Waals surface area contributed by atoms with Crippen LogP contribution in [0, 0.1) is 28.9 Å². The van der Waals surface area contributed by atoms with Crippen molar-refractivity contribution in [1.82, 2.24) is 15.2 Å². The highest BCUT2D eigenvalue weighted by Crippen LogP contribution is 2.37. The Kier molecular flexibility index (Phi) is 5.88. The molecule has 1 aromatic carbocycles. The fourth-order valence-corrected chi connectivity index (χ4v) is 4.71. The highest BCUT2D eigenvalue weighted by atomic mass is 19.1. The standard InChI is InChI=1S/C23H25F2N5O/c1-14-7-18-12-29(13-21(14)30(18)22-6-3-16(9-26)10-28-22)23(31)11-27-15(2)19-5-4-17(24)8-20(19)25/h3-6,8,10,14-15,18,21,27H,7,11-13H2,1-2H3/t14-,15?,18?,21?/m1/s1. The number of piperazine rings is 1.